The van der Waals surface area contributed by atoms with Gasteiger partial charge in [0.15, 0.2) is 0 Å². The molecule has 1 fully saturated rings. The van der Waals surface area contributed by atoms with Crippen molar-refractivity contribution in [1.82, 2.24) is 9.21 Å². The van der Waals surface area contributed by atoms with Gasteiger partial charge in [0.2, 0.25) is 0 Å². The second-order valence-electron chi connectivity index (χ2n) is 5.49. The number of carbonyl (C=O) groups excluding carboxylic acids is 2. The number of rotatable bonds is 2. The van der Waals surface area contributed by atoms with E-state index in [0.29, 0.717) is 13.1 Å². The molecule has 1 atom stereocenters. The van der Waals surface area contributed by atoms with Crippen LogP contribution in [-0.4, -0.2) is 55.1 Å². The van der Waals surface area contributed by atoms with Crippen molar-refractivity contribution in [3.63, 3.8) is 0 Å². The quantitative estimate of drug-likeness (QED) is 0.826. The lowest BCUT2D eigenvalue weighted by Crippen LogP contribution is -2.32. The Hall–Kier alpha value is -1.64. The zero-order chi connectivity index (χ0) is 16.1. The predicted octanol–water partition coefficient (Wildman–Crippen LogP) is 0.446. The number of likely N-dealkylation sites (tertiary alicyclic amines) is 1. The molecule has 23 heavy (non-hydrogen) atoms. The maximum atomic E-state index is 12.4. The average molecular weight is 360 g/mol. The SMILES string of the molecule is CCN1C(=O)c2ccc(C(=O)N3CC[C@@H](N)C3)cc2S1(=O)=O.Cl. The number of sulfonamides is 1. The van der Waals surface area contributed by atoms with Crippen LogP contribution >= 0.6 is 12.4 Å². The Morgan fingerprint density at radius 1 is 1.39 bits per heavy atom. The summed E-state index contributed by atoms with van der Waals surface area (Å²) in [5.41, 5.74) is 6.18. The number of halogens is 1. The van der Waals surface area contributed by atoms with Crippen LogP contribution in [0.15, 0.2) is 23.1 Å². The predicted molar refractivity (Wildman–Crippen MR) is 86.1 cm³/mol. The van der Waals surface area contributed by atoms with Gasteiger partial charge in [-0.2, -0.15) is 0 Å². The van der Waals surface area contributed by atoms with Gasteiger partial charge in [-0.15, -0.1) is 12.4 Å². The van der Waals surface area contributed by atoms with Crippen LogP contribution in [0.4, 0.5) is 0 Å². The van der Waals surface area contributed by atoms with Crippen molar-refractivity contribution in [3.05, 3.63) is 29.3 Å². The normalized spacial score (nSPS) is 22.0. The van der Waals surface area contributed by atoms with Gasteiger partial charge in [0.25, 0.3) is 21.8 Å². The zero-order valence-electron chi connectivity index (χ0n) is 12.6. The number of carbonyl (C=O) groups is 2. The van der Waals surface area contributed by atoms with E-state index in [1.807, 2.05) is 0 Å². The second kappa shape index (κ2) is 6.10. The van der Waals surface area contributed by atoms with Crippen LogP contribution in [0.5, 0.6) is 0 Å². The van der Waals surface area contributed by atoms with Crippen LogP contribution in [0.1, 0.15) is 34.1 Å². The van der Waals surface area contributed by atoms with E-state index in [1.165, 1.54) is 18.2 Å². The van der Waals surface area contributed by atoms with Crippen LogP contribution in [-0.2, 0) is 10.0 Å². The summed E-state index contributed by atoms with van der Waals surface area (Å²) in [6.07, 6.45) is 0.733. The number of benzene rings is 1. The molecule has 0 bridgehead atoms. The van der Waals surface area contributed by atoms with E-state index in [2.05, 4.69) is 0 Å². The Morgan fingerprint density at radius 3 is 2.65 bits per heavy atom. The lowest BCUT2D eigenvalue weighted by molar-refractivity contribution is 0.0789. The van der Waals surface area contributed by atoms with E-state index in [9.17, 15) is 18.0 Å². The van der Waals surface area contributed by atoms with E-state index in [1.54, 1.807) is 11.8 Å². The highest BCUT2D eigenvalue weighted by Gasteiger charge is 2.40. The molecule has 3 rings (SSSR count). The number of amides is 2. The molecular formula is C14H18ClN3O4S. The first kappa shape index (κ1) is 17.7. The Kier molecular flexibility index (Phi) is 4.70. The first-order valence-corrected chi connectivity index (χ1v) is 8.56. The van der Waals surface area contributed by atoms with E-state index in [0.717, 1.165) is 10.7 Å². The monoisotopic (exact) mass is 359 g/mol. The van der Waals surface area contributed by atoms with Crippen molar-refractivity contribution in [2.45, 2.75) is 24.3 Å². The summed E-state index contributed by atoms with van der Waals surface area (Å²) >= 11 is 0. The molecule has 0 aliphatic carbocycles. The van der Waals surface area contributed by atoms with E-state index < -0.39 is 15.9 Å². The summed E-state index contributed by atoms with van der Waals surface area (Å²) in [6.45, 7) is 2.69. The van der Waals surface area contributed by atoms with Gasteiger partial charge in [0.1, 0.15) is 4.90 Å². The van der Waals surface area contributed by atoms with E-state index in [4.69, 9.17) is 5.73 Å². The Balaban J connectivity index is 0.00000192. The second-order valence-corrected chi connectivity index (χ2v) is 7.32. The summed E-state index contributed by atoms with van der Waals surface area (Å²) in [4.78, 5) is 26.0. The smallest absolute Gasteiger partial charge is 0.268 e. The van der Waals surface area contributed by atoms with Crippen LogP contribution in [0.25, 0.3) is 0 Å². The molecule has 0 aromatic heterocycles. The van der Waals surface area contributed by atoms with Crippen molar-refractivity contribution < 1.29 is 18.0 Å². The van der Waals surface area contributed by atoms with Crippen molar-refractivity contribution in [1.29, 1.82) is 0 Å². The lowest BCUT2D eigenvalue weighted by Gasteiger charge is -2.16. The lowest BCUT2D eigenvalue weighted by atomic mass is 10.1. The van der Waals surface area contributed by atoms with Gasteiger partial charge in [-0.05, 0) is 31.5 Å². The molecule has 2 amide bonds. The molecule has 0 unspecified atom stereocenters. The third-order valence-corrected chi connectivity index (χ3v) is 5.95. The standard InChI is InChI=1S/C14H17N3O4S.ClH/c1-2-17-14(19)11-4-3-9(7-12(11)22(17,20)21)13(18)16-6-5-10(15)8-16;/h3-4,7,10H,2,5-6,8,15H2,1H3;1H/t10-;/m1./s1. The minimum Gasteiger partial charge on any atom is -0.337 e. The van der Waals surface area contributed by atoms with Crippen molar-refractivity contribution in [2.75, 3.05) is 19.6 Å². The fourth-order valence-electron chi connectivity index (χ4n) is 2.88. The fourth-order valence-corrected chi connectivity index (χ4v) is 4.48. The van der Waals surface area contributed by atoms with E-state index >= 15 is 0 Å². The number of nitrogens with two attached hydrogens (primary N) is 1. The van der Waals surface area contributed by atoms with Crippen molar-refractivity contribution in [2.24, 2.45) is 5.73 Å². The molecule has 2 aliphatic rings. The highest BCUT2D eigenvalue weighted by Crippen LogP contribution is 2.31. The van der Waals surface area contributed by atoms with Crippen molar-refractivity contribution >= 4 is 34.2 Å². The molecule has 0 radical (unpaired) electrons. The Bertz CT molecular complexity index is 765. The molecular weight excluding hydrogens is 342 g/mol. The van der Waals surface area contributed by atoms with Gasteiger partial charge in [-0.1, -0.05) is 0 Å². The summed E-state index contributed by atoms with van der Waals surface area (Å²) in [6, 6.07) is 4.16. The first-order chi connectivity index (χ1) is 10.4. The molecule has 1 saturated heterocycles. The fraction of sp³-hybridized carbons (Fsp3) is 0.429. The number of hydrogen-bond acceptors (Lipinski definition) is 5. The Labute approximate surface area is 140 Å². The average Bonchev–Trinajstić information content (AvgIpc) is 2.99. The van der Waals surface area contributed by atoms with Crippen LogP contribution in [0, 0.1) is 0 Å². The summed E-state index contributed by atoms with van der Waals surface area (Å²) in [7, 11) is -3.85. The Morgan fingerprint density at radius 2 is 2.09 bits per heavy atom. The molecule has 1 aromatic rings. The topological polar surface area (TPSA) is 101 Å². The molecule has 2 heterocycles. The zero-order valence-corrected chi connectivity index (χ0v) is 14.2. The molecule has 1 aromatic carbocycles. The highest BCUT2D eigenvalue weighted by molar-refractivity contribution is 7.90. The minimum atomic E-state index is -3.85. The third kappa shape index (κ3) is 2.71. The molecule has 126 valence electrons. The minimum absolute atomic E-state index is 0. The van der Waals surface area contributed by atoms with Crippen molar-refractivity contribution in [3.8, 4) is 0 Å². The molecule has 2 aliphatic heterocycles. The highest BCUT2D eigenvalue weighted by atomic mass is 35.5. The van der Waals surface area contributed by atoms with Gasteiger partial charge in [0, 0.05) is 31.2 Å². The third-order valence-electron chi connectivity index (χ3n) is 4.05. The van der Waals surface area contributed by atoms with Crippen LogP contribution in [0.2, 0.25) is 0 Å². The first-order valence-electron chi connectivity index (χ1n) is 7.12. The largest absolute Gasteiger partial charge is 0.337 e. The maximum absolute atomic E-state index is 12.4. The summed E-state index contributed by atoms with van der Waals surface area (Å²) < 4.78 is 25.5. The van der Waals surface area contributed by atoms with Gasteiger partial charge in [0.05, 0.1) is 5.56 Å². The van der Waals surface area contributed by atoms with Gasteiger partial charge >= 0.3 is 0 Å². The molecule has 9 heteroatoms. The van der Waals surface area contributed by atoms with E-state index in [-0.39, 0.29) is 46.9 Å². The molecule has 0 spiro atoms. The maximum Gasteiger partial charge on any atom is 0.268 e. The summed E-state index contributed by atoms with van der Waals surface area (Å²) in [5, 5.41) is 0. The summed E-state index contributed by atoms with van der Waals surface area (Å²) in [5.74, 6) is -0.798. The number of hydrogen-bond donors (Lipinski definition) is 1. The van der Waals surface area contributed by atoms with Gasteiger partial charge in [-0.3, -0.25) is 9.59 Å². The molecule has 2 N–H and O–H groups in total. The number of nitrogens with zero attached hydrogens (tertiary/aromatic N) is 2. The van der Waals surface area contributed by atoms with Crippen LogP contribution < -0.4 is 5.73 Å². The van der Waals surface area contributed by atoms with Gasteiger partial charge < -0.3 is 10.6 Å². The molecule has 7 nitrogen and oxygen atoms in total. The van der Waals surface area contributed by atoms with Crippen LogP contribution in [0.3, 0.4) is 0 Å². The van der Waals surface area contributed by atoms with Gasteiger partial charge in [-0.25, -0.2) is 12.7 Å². The number of fused-ring (bicyclic) bond motifs is 1. The molecule has 0 saturated carbocycles.